The van der Waals surface area contributed by atoms with Gasteiger partial charge in [-0.1, -0.05) is 41.9 Å². The Morgan fingerprint density at radius 2 is 1.94 bits per heavy atom. The number of fused-ring (bicyclic) bond motifs is 2. The summed E-state index contributed by atoms with van der Waals surface area (Å²) in [5.41, 5.74) is 7.85. The van der Waals surface area contributed by atoms with E-state index in [2.05, 4.69) is 10.3 Å². The van der Waals surface area contributed by atoms with Crippen LogP contribution < -0.4 is 15.8 Å². The Labute approximate surface area is 189 Å². The number of benzene rings is 2. The van der Waals surface area contributed by atoms with E-state index in [0.717, 1.165) is 16.4 Å². The number of hydrogen-bond acceptors (Lipinski definition) is 5. The summed E-state index contributed by atoms with van der Waals surface area (Å²) in [6, 6.07) is 15.2. The van der Waals surface area contributed by atoms with Gasteiger partial charge in [0.25, 0.3) is 0 Å². The van der Waals surface area contributed by atoms with Crippen molar-refractivity contribution in [2.75, 3.05) is 5.73 Å². The Hall–Kier alpha value is -3.45. The van der Waals surface area contributed by atoms with Gasteiger partial charge >= 0.3 is 6.09 Å². The number of para-hydroxylation sites is 1. The maximum Gasteiger partial charge on any atom is 0.404 e. The maximum absolute atomic E-state index is 10.9. The van der Waals surface area contributed by atoms with E-state index in [1.165, 1.54) is 0 Å². The van der Waals surface area contributed by atoms with Gasteiger partial charge in [0.2, 0.25) is 5.88 Å². The van der Waals surface area contributed by atoms with Gasteiger partial charge in [0.15, 0.2) is 0 Å². The van der Waals surface area contributed by atoms with Gasteiger partial charge in [0.1, 0.15) is 23.3 Å². The summed E-state index contributed by atoms with van der Waals surface area (Å²) >= 11 is 6.58. The third-order valence-corrected chi connectivity index (χ3v) is 6.24. The molecule has 1 amide bonds. The molecule has 8 heteroatoms. The van der Waals surface area contributed by atoms with E-state index in [-0.39, 0.29) is 12.1 Å². The summed E-state index contributed by atoms with van der Waals surface area (Å²) in [6.45, 7) is 0. The Morgan fingerprint density at radius 3 is 2.69 bits per heavy atom. The average Bonchev–Trinajstić information content (AvgIpc) is 3.18. The number of anilines is 1. The van der Waals surface area contributed by atoms with Gasteiger partial charge < -0.3 is 25.3 Å². The van der Waals surface area contributed by atoms with Gasteiger partial charge in [-0.15, -0.1) is 0 Å². The van der Waals surface area contributed by atoms with Gasteiger partial charge in [-0.25, -0.2) is 4.79 Å². The van der Waals surface area contributed by atoms with Crippen LogP contribution in [-0.2, 0) is 0 Å². The molecule has 0 bridgehead atoms. The van der Waals surface area contributed by atoms with Gasteiger partial charge in [0.05, 0.1) is 16.0 Å². The van der Waals surface area contributed by atoms with Crippen molar-refractivity contribution >= 4 is 45.3 Å². The normalized spacial score (nSPS) is 18.7. The van der Waals surface area contributed by atoms with Crippen molar-refractivity contribution in [3.05, 3.63) is 53.6 Å². The second-order valence-electron chi connectivity index (χ2n) is 8.03. The number of furan rings is 1. The van der Waals surface area contributed by atoms with E-state index < -0.39 is 6.09 Å². The molecule has 5 rings (SSSR count). The molecule has 0 unspecified atom stereocenters. The highest BCUT2D eigenvalue weighted by Gasteiger charge is 2.26. The van der Waals surface area contributed by atoms with Crippen LogP contribution in [-0.4, -0.2) is 28.3 Å². The molecule has 0 atom stereocenters. The van der Waals surface area contributed by atoms with Gasteiger partial charge in [-0.05, 0) is 43.9 Å². The Bertz CT molecular complexity index is 1280. The van der Waals surface area contributed by atoms with Gasteiger partial charge in [-0.3, -0.25) is 0 Å². The Morgan fingerprint density at radius 1 is 1.16 bits per heavy atom. The number of carbonyl (C=O) groups is 1. The summed E-state index contributed by atoms with van der Waals surface area (Å²) in [5.74, 6) is 1.31. The van der Waals surface area contributed by atoms with Crippen LogP contribution in [0.4, 0.5) is 10.6 Å². The number of nitrogens with zero attached hydrogens (tertiary/aromatic N) is 1. The molecule has 7 nitrogen and oxygen atoms in total. The predicted octanol–water partition coefficient (Wildman–Crippen LogP) is 5.84. The van der Waals surface area contributed by atoms with E-state index in [4.69, 9.17) is 31.6 Å². The summed E-state index contributed by atoms with van der Waals surface area (Å²) in [6.07, 6.45) is 1.74. The van der Waals surface area contributed by atoms with Crippen LogP contribution in [0, 0.1) is 0 Å². The number of amides is 1. The lowest BCUT2D eigenvalue weighted by molar-refractivity contribution is 0.131. The molecule has 1 aliphatic carbocycles. The van der Waals surface area contributed by atoms with Crippen LogP contribution in [0.25, 0.3) is 33.1 Å². The number of halogens is 1. The number of ether oxygens (including phenoxy) is 1. The van der Waals surface area contributed by atoms with Crippen molar-refractivity contribution in [2.24, 2.45) is 0 Å². The van der Waals surface area contributed by atoms with Crippen LogP contribution in [0.5, 0.6) is 5.88 Å². The molecule has 2 heterocycles. The minimum Gasteiger partial charge on any atom is -0.474 e. The molecule has 1 aliphatic rings. The van der Waals surface area contributed by atoms with Crippen molar-refractivity contribution in [2.45, 2.75) is 37.8 Å². The average molecular weight is 452 g/mol. The largest absolute Gasteiger partial charge is 0.474 e. The quantitative estimate of drug-likeness (QED) is 0.359. The molecule has 32 heavy (non-hydrogen) atoms. The van der Waals surface area contributed by atoms with Gasteiger partial charge in [-0.2, -0.15) is 4.98 Å². The summed E-state index contributed by atoms with van der Waals surface area (Å²) < 4.78 is 12.3. The summed E-state index contributed by atoms with van der Waals surface area (Å²) in [4.78, 5) is 15.5. The summed E-state index contributed by atoms with van der Waals surface area (Å²) in [7, 11) is 0. The minimum absolute atomic E-state index is 0.0545. The Balaban J connectivity index is 1.52. The molecule has 0 aliphatic heterocycles. The SMILES string of the molecule is Nc1nc(OC2CCC(NC(=O)O)CC2)c2c(Cl)cccc2c1-c1cc2ccccc2o1. The first-order valence-electron chi connectivity index (χ1n) is 10.5. The number of carboxylic acid groups (broad SMARTS) is 1. The van der Waals surface area contributed by atoms with E-state index in [0.29, 0.717) is 59.1 Å². The standard InChI is InChI=1S/C24H22ClN3O4/c25-17-6-3-5-16-20(17)23(31-15-10-8-14(9-11-15)27-24(29)30)28-22(26)21(16)19-12-13-4-1-2-7-18(13)32-19/h1-7,12,14-15,27H,8-11H2,(H2,26,28)(H,29,30). The third kappa shape index (κ3) is 3.80. The second kappa shape index (κ2) is 8.24. The number of pyridine rings is 1. The maximum atomic E-state index is 10.9. The molecule has 164 valence electrons. The van der Waals surface area contributed by atoms with Crippen LogP contribution >= 0.6 is 11.6 Å². The number of hydrogen-bond donors (Lipinski definition) is 3. The van der Waals surface area contributed by atoms with E-state index in [1.54, 1.807) is 6.07 Å². The van der Waals surface area contributed by atoms with Crippen molar-refractivity contribution in [1.29, 1.82) is 0 Å². The molecule has 0 radical (unpaired) electrons. The molecular weight excluding hydrogens is 430 g/mol. The number of aromatic nitrogens is 1. The number of rotatable bonds is 4. The molecule has 0 saturated heterocycles. The van der Waals surface area contributed by atoms with E-state index >= 15 is 0 Å². The zero-order valence-electron chi connectivity index (χ0n) is 17.2. The summed E-state index contributed by atoms with van der Waals surface area (Å²) in [5, 5.41) is 14.5. The van der Waals surface area contributed by atoms with Crippen LogP contribution in [0.2, 0.25) is 5.02 Å². The molecule has 4 N–H and O–H groups in total. The van der Waals surface area contributed by atoms with E-state index in [1.807, 2.05) is 42.5 Å². The number of nitrogens with one attached hydrogen (secondary N) is 1. The van der Waals surface area contributed by atoms with Crippen molar-refractivity contribution in [1.82, 2.24) is 10.3 Å². The highest BCUT2D eigenvalue weighted by molar-refractivity contribution is 6.36. The fourth-order valence-corrected chi connectivity index (χ4v) is 4.67. The van der Waals surface area contributed by atoms with Crippen molar-refractivity contribution in [3.8, 4) is 17.2 Å². The highest BCUT2D eigenvalue weighted by Crippen LogP contribution is 2.42. The topological polar surface area (TPSA) is 111 Å². The van der Waals surface area contributed by atoms with E-state index in [9.17, 15) is 4.79 Å². The van der Waals surface area contributed by atoms with Gasteiger partial charge in [0, 0.05) is 16.8 Å². The molecule has 1 saturated carbocycles. The van der Waals surface area contributed by atoms with Crippen LogP contribution in [0.3, 0.4) is 0 Å². The number of nitrogen functional groups attached to an aromatic ring is 1. The van der Waals surface area contributed by atoms with Crippen LogP contribution in [0.1, 0.15) is 25.7 Å². The monoisotopic (exact) mass is 451 g/mol. The molecule has 1 fully saturated rings. The smallest absolute Gasteiger partial charge is 0.404 e. The fraction of sp³-hybridized carbons (Fsp3) is 0.250. The molecule has 4 aromatic rings. The lowest BCUT2D eigenvalue weighted by atomic mass is 9.93. The minimum atomic E-state index is -0.997. The van der Waals surface area contributed by atoms with Crippen molar-refractivity contribution < 1.29 is 19.1 Å². The zero-order valence-corrected chi connectivity index (χ0v) is 17.9. The highest BCUT2D eigenvalue weighted by atomic mass is 35.5. The van der Waals surface area contributed by atoms with Crippen molar-refractivity contribution in [3.63, 3.8) is 0 Å². The molecule has 0 spiro atoms. The number of nitrogens with two attached hydrogens (primary N) is 1. The molecule has 2 aromatic heterocycles. The fourth-order valence-electron chi connectivity index (χ4n) is 4.42. The predicted molar refractivity (Wildman–Crippen MR) is 124 cm³/mol. The lowest BCUT2D eigenvalue weighted by Crippen LogP contribution is -2.39. The Kier molecular flexibility index (Phi) is 5.27. The first-order chi connectivity index (χ1) is 15.5. The third-order valence-electron chi connectivity index (χ3n) is 5.93. The van der Waals surface area contributed by atoms with Crippen LogP contribution in [0.15, 0.2) is 52.9 Å². The first kappa shape index (κ1) is 20.5. The molecular formula is C24H22ClN3O4. The second-order valence-corrected chi connectivity index (χ2v) is 8.44. The molecule has 2 aromatic carbocycles. The zero-order chi connectivity index (χ0) is 22.2. The lowest BCUT2D eigenvalue weighted by Gasteiger charge is -2.29. The first-order valence-corrected chi connectivity index (χ1v) is 10.9.